The Hall–Kier alpha value is -2.03. The van der Waals surface area contributed by atoms with Gasteiger partial charge < -0.3 is 19.7 Å². The molecule has 1 heterocycles. The third kappa shape index (κ3) is 5.76. The van der Waals surface area contributed by atoms with Gasteiger partial charge in [0.05, 0.1) is 6.54 Å². The van der Waals surface area contributed by atoms with E-state index in [1.165, 1.54) is 5.69 Å². The summed E-state index contributed by atoms with van der Waals surface area (Å²) < 4.78 is 2.10. The Morgan fingerprint density at radius 1 is 1.15 bits per heavy atom. The second-order valence-corrected chi connectivity index (χ2v) is 6.26. The molecule has 7 heteroatoms. The molecular weight excluding hydrogens is 441 g/mol. The lowest BCUT2D eigenvalue weighted by Crippen LogP contribution is -2.38. The van der Waals surface area contributed by atoms with Gasteiger partial charge in [0, 0.05) is 59.2 Å². The van der Waals surface area contributed by atoms with E-state index in [1.807, 2.05) is 50.6 Å². The zero-order valence-corrected chi connectivity index (χ0v) is 18.4. The molecular formula is C19H28IN5O. The molecule has 1 N–H and O–H groups in total. The molecule has 0 radical (unpaired) electrons. The van der Waals surface area contributed by atoms with Crippen LogP contribution in [0, 0.1) is 0 Å². The number of carbonyl (C=O) groups excluding carboxylic acids is 1. The number of aliphatic imine (C=N–C) groups is 1. The van der Waals surface area contributed by atoms with Gasteiger partial charge in [-0.25, -0.2) is 0 Å². The summed E-state index contributed by atoms with van der Waals surface area (Å²) in [6, 6.07) is 11.8. The van der Waals surface area contributed by atoms with Crippen molar-refractivity contribution in [1.82, 2.24) is 19.7 Å². The number of aryl methyl sites for hydroxylation is 1. The minimum atomic E-state index is 0. The van der Waals surface area contributed by atoms with Gasteiger partial charge in [-0.1, -0.05) is 12.1 Å². The largest absolute Gasteiger partial charge is 0.353 e. The van der Waals surface area contributed by atoms with E-state index in [0.29, 0.717) is 12.1 Å². The van der Waals surface area contributed by atoms with Crippen LogP contribution in [0.1, 0.15) is 21.6 Å². The van der Waals surface area contributed by atoms with Gasteiger partial charge in [0.15, 0.2) is 5.96 Å². The SMILES string of the molecule is CN=C(NCc1ccc(C(=O)N(C)C)cc1)N(C)Cc1cccn1C.I. The number of halogens is 1. The van der Waals surface area contributed by atoms with Crippen molar-refractivity contribution in [3.63, 3.8) is 0 Å². The topological polar surface area (TPSA) is 52.9 Å². The summed E-state index contributed by atoms with van der Waals surface area (Å²) in [6.45, 7) is 1.43. The first-order valence-electron chi connectivity index (χ1n) is 8.25. The van der Waals surface area contributed by atoms with Crippen LogP contribution in [0.3, 0.4) is 0 Å². The zero-order valence-electron chi connectivity index (χ0n) is 16.1. The van der Waals surface area contributed by atoms with E-state index in [0.717, 1.165) is 18.1 Å². The first-order valence-corrected chi connectivity index (χ1v) is 8.25. The molecule has 0 atom stereocenters. The van der Waals surface area contributed by atoms with Gasteiger partial charge >= 0.3 is 0 Å². The maximum Gasteiger partial charge on any atom is 0.253 e. The predicted molar refractivity (Wildman–Crippen MR) is 117 cm³/mol. The van der Waals surface area contributed by atoms with Crippen LogP contribution in [-0.4, -0.2) is 54.4 Å². The predicted octanol–water partition coefficient (Wildman–Crippen LogP) is 2.55. The molecule has 142 valence electrons. The van der Waals surface area contributed by atoms with Gasteiger partial charge in [0.1, 0.15) is 0 Å². The Balaban J connectivity index is 0.00000338. The second kappa shape index (κ2) is 10.2. The lowest BCUT2D eigenvalue weighted by atomic mass is 10.1. The van der Waals surface area contributed by atoms with Gasteiger partial charge in [0.25, 0.3) is 5.91 Å². The molecule has 0 aliphatic rings. The van der Waals surface area contributed by atoms with Crippen molar-refractivity contribution >= 4 is 35.8 Å². The quantitative estimate of drug-likeness (QED) is 0.416. The van der Waals surface area contributed by atoms with Crippen LogP contribution in [0.15, 0.2) is 47.6 Å². The Kier molecular flexibility index (Phi) is 8.64. The second-order valence-electron chi connectivity index (χ2n) is 6.26. The Labute approximate surface area is 172 Å². The number of guanidine groups is 1. The number of hydrogen-bond acceptors (Lipinski definition) is 2. The number of hydrogen-bond donors (Lipinski definition) is 1. The maximum atomic E-state index is 11.9. The fourth-order valence-corrected chi connectivity index (χ4v) is 2.57. The molecule has 2 rings (SSSR count). The highest BCUT2D eigenvalue weighted by Crippen LogP contribution is 2.07. The maximum absolute atomic E-state index is 11.9. The number of benzene rings is 1. The van der Waals surface area contributed by atoms with Crippen molar-refractivity contribution in [2.75, 3.05) is 28.2 Å². The molecule has 1 aromatic carbocycles. The summed E-state index contributed by atoms with van der Waals surface area (Å²) in [4.78, 5) is 19.9. The summed E-state index contributed by atoms with van der Waals surface area (Å²) in [6.07, 6.45) is 2.04. The summed E-state index contributed by atoms with van der Waals surface area (Å²) >= 11 is 0. The normalized spacial score (nSPS) is 10.9. The average molecular weight is 469 g/mol. The molecule has 0 aliphatic heterocycles. The van der Waals surface area contributed by atoms with E-state index in [2.05, 4.69) is 25.8 Å². The Bertz CT molecular complexity index is 737. The summed E-state index contributed by atoms with van der Waals surface area (Å²) in [5.41, 5.74) is 3.01. The molecule has 0 bridgehead atoms. The van der Waals surface area contributed by atoms with Crippen LogP contribution < -0.4 is 5.32 Å². The van der Waals surface area contributed by atoms with Crippen LogP contribution in [0.2, 0.25) is 0 Å². The fraction of sp³-hybridized carbons (Fsp3) is 0.368. The van der Waals surface area contributed by atoms with Crippen molar-refractivity contribution in [3.05, 3.63) is 59.4 Å². The van der Waals surface area contributed by atoms with Gasteiger partial charge in [-0.2, -0.15) is 0 Å². The third-order valence-corrected chi connectivity index (χ3v) is 4.08. The lowest BCUT2D eigenvalue weighted by Gasteiger charge is -2.22. The monoisotopic (exact) mass is 469 g/mol. The highest BCUT2D eigenvalue weighted by atomic mass is 127. The van der Waals surface area contributed by atoms with Crippen molar-refractivity contribution < 1.29 is 4.79 Å². The average Bonchev–Trinajstić information content (AvgIpc) is 3.00. The van der Waals surface area contributed by atoms with Gasteiger partial charge in [0.2, 0.25) is 0 Å². The molecule has 0 saturated carbocycles. The standard InChI is InChI=1S/C19H27N5O.HI/c1-20-19(24(5)14-17-7-6-12-23(17)4)21-13-15-8-10-16(11-9-15)18(25)22(2)3;/h6-12H,13-14H2,1-5H3,(H,20,21);1H. The van der Waals surface area contributed by atoms with Crippen LogP contribution in [-0.2, 0) is 20.1 Å². The first kappa shape index (κ1) is 22.0. The summed E-state index contributed by atoms with van der Waals surface area (Å²) in [7, 11) is 9.34. The molecule has 0 saturated heterocycles. The summed E-state index contributed by atoms with van der Waals surface area (Å²) in [5, 5.41) is 3.36. The first-order chi connectivity index (χ1) is 11.9. The number of rotatable bonds is 5. The van der Waals surface area contributed by atoms with E-state index in [4.69, 9.17) is 0 Å². The van der Waals surface area contributed by atoms with Crippen LogP contribution >= 0.6 is 24.0 Å². The van der Waals surface area contributed by atoms with E-state index < -0.39 is 0 Å². The lowest BCUT2D eigenvalue weighted by molar-refractivity contribution is 0.0827. The molecule has 1 amide bonds. The van der Waals surface area contributed by atoms with Gasteiger partial charge in [-0.05, 0) is 29.8 Å². The molecule has 6 nitrogen and oxygen atoms in total. The highest BCUT2D eigenvalue weighted by molar-refractivity contribution is 14.0. The van der Waals surface area contributed by atoms with E-state index in [1.54, 1.807) is 26.0 Å². The van der Waals surface area contributed by atoms with Crippen LogP contribution in [0.4, 0.5) is 0 Å². The van der Waals surface area contributed by atoms with E-state index in [9.17, 15) is 4.79 Å². The molecule has 26 heavy (non-hydrogen) atoms. The third-order valence-electron chi connectivity index (χ3n) is 4.08. The van der Waals surface area contributed by atoms with Gasteiger partial charge in [-0.3, -0.25) is 9.79 Å². The van der Waals surface area contributed by atoms with Crippen molar-refractivity contribution in [3.8, 4) is 0 Å². The van der Waals surface area contributed by atoms with E-state index in [-0.39, 0.29) is 29.9 Å². The number of nitrogens with zero attached hydrogens (tertiary/aromatic N) is 4. The van der Waals surface area contributed by atoms with E-state index >= 15 is 0 Å². The van der Waals surface area contributed by atoms with Gasteiger partial charge in [-0.15, -0.1) is 24.0 Å². The number of aromatic nitrogens is 1. The Morgan fingerprint density at radius 2 is 1.81 bits per heavy atom. The van der Waals surface area contributed by atoms with Crippen molar-refractivity contribution in [1.29, 1.82) is 0 Å². The zero-order chi connectivity index (χ0) is 18.4. The van der Waals surface area contributed by atoms with Crippen LogP contribution in [0.25, 0.3) is 0 Å². The molecule has 0 fully saturated rings. The minimum Gasteiger partial charge on any atom is -0.353 e. The fourth-order valence-electron chi connectivity index (χ4n) is 2.57. The van der Waals surface area contributed by atoms with Crippen molar-refractivity contribution in [2.24, 2.45) is 12.0 Å². The summed E-state index contributed by atoms with van der Waals surface area (Å²) in [5.74, 6) is 0.840. The number of carbonyl (C=O) groups is 1. The number of nitrogens with one attached hydrogen (secondary N) is 1. The number of amides is 1. The molecule has 2 aromatic rings. The van der Waals surface area contributed by atoms with Crippen LogP contribution in [0.5, 0.6) is 0 Å². The van der Waals surface area contributed by atoms with Crippen molar-refractivity contribution in [2.45, 2.75) is 13.1 Å². The molecule has 0 aliphatic carbocycles. The molecule has 1 aromatic heterocycles. The molecule has 0 spiro atoms. The minimum absolute atomic E-state index is 0. The Morgan fingerprint density at radius 3 is 2.31 bits per heavy atom. The highest BCUT2D eigenvalue weighted by Gasteiger charge is 2.10. The molecule has 0 unspecified atom stereocenters. The smallest absolute Gasteiger partial charge is 0.253 e.